The molecule has 0 aliphatic heterocycles. The van der Waals surface area contributed by atoms with Crippen LogP contribution in [-0.4, -0.2) is 46.2 Å². The molecule has 0 saturated heterocycles. The first-order chi connectivity index (χ1) is 17.8. The highest BCUT2D eigenvalue weighted by atomic mass is 32.1. The molecule has 1 heterocycles. The minimum absolute atomic E-state index is 0.135. The SMILES string of the molecule is COc1ccc(C(=O)c2ccc3c(c2)sc(=O)n3CCOc2ccc(CC(C(=O)O)C(=O)O)cc2)cc1. The minimum Gasteiger partial charge on any atom is -0.497 e. The van der Waals surface area contributed by atoms with Crippen LogP contribution in [0.1, 0.15) is 21.5 Å². The van der Waals surface area contributed by atoms with Crippen molar-refractivity contribution in [3.05, 3.63) is 93.1 Å². The summed E-state index contributed by atoms with van der Waals surface area (Å²) in [4.78, 5) is 47.4. The maximum Gasteiger partial charge on any atom is 0.318 e. The third kappa shape index (κ3) is 5.87. The monoisotopic (exact) mass is 521 g/mol. The lowest BCUT2D eigenvalue weighted by atomic mass is 10.00. The largest absolute Gasteiger partial charge is 0.497 e. The molecule has 0 aliphatic rings. The van der Waals surface area contributed by atoms with Crippen LogP contribution in [0.2, 0.25) is 0 Å². The van der Waals surface area contributed by atoms with Gasteiger partial charge in [0.1, 0.15) is 18.1 Å². The minimum atomic E-state index is -1.52. The van der Waals surface area contributed by atoms with Crippen LogP contribution in [0.15, 0.2) is 71.5 Å². The molecule has 3 aromatic carbocycles. The molecule has 0 unspecified atom stereocenters. The summed E-state index contributed by atoms with van der Waals surface area (Å²) in [6.07, 6.45) is -0.135. The average molecular weight is 522 g/mol. The van der Waals surface area contributed by atoms with Crippen molar-refractivity contribution in [2.75, 3.05) is 13.7 Å². The van der Waals surface area contributed by atoms with E-state index < -0.39 is 17.9 Å². The highest BCUT2D eigenvalue weighted by molar-refractivity contribution is 7.16. The van der Waals surface area contributed by atoms with E-state index in [1.54, 1.807) is 78.4 Å². The topological polar surface area (TPSA) is 132 Å². The predicted octanol–water partition coefficient (Wildman–Crippen LogP) is 3.71. The highest BCUT2D eigenvalue weighted by Gasteiger charge is 2.25. The average Bonchev–Trinajstić information content (AvgIpc) is 3.21. The third-order valence-corrected chi connectivity index (χ3v) is 6.77. The first kappa shape index (κ1) is 25.6. The molecule has 0 radical (unpaired) electrons. The smallest absolute Gasteiger partial charge is 0.318 e. The van der Waals surface area contributed by atoms with Gasteiger partial charge in [0.25, 0.3) is 0 Å². The number of carboxylic acids is 2. The Hall–Kier alpha value is -4.44. The van der Waals surface area contributed by atoms with Gasteiger partial charge in [-0.15, -0.1) is 0 Å². The molecular formula is C27H23NO8S. The number of aromatic nitrogens is 1. The Labute approximate surface area is 215 Å². The molecule has 0 bridgehead atoms. The van der Waals surface area contributed by atoms with Gasteiger partial charge >= 0.3 is 16.8 Å². The summed E-state index contributed by atoms with van der Waals surface area (Å²) in [7, 11) is 1.56. The number of carbonyl (C=O) groups excluding carboxylic acids is 1. The standard InChI is InChI=1S/C27H23NO8S/c1-35-19-9-4-17(5-10-19)24(29)18-6-11-22-23(15-18)37-27(34)28(22)12-13-36-20-7-2-16(3-8-20)14-21(25(30)31)26(32)33/h2-11,15,21H,12-14H2,1H3,(H,30,31)(H,32,33). The zero-order valence-electron chi connectivity index (χ0n) is 19.7. The lowest BCUT2D eigenvalue weighted by Gasteiger charge is -2.10. The van der Waals surface area contributed by atoms with Gasteiger partial charge in [-0.25, -0.2) is 0 Å². The van der Waals surface area contributed by atoms with Crippen LogP contribution in [0.5, 0.6) is 11.5 Å². The van der Waals surface area contributed by atoms with Crippen LogP contribution in [0.25, 0.3) is 10.2 Å². The van der Waals surface area contributed by atoms with Gasteiger partial charge in [0.15, 0.2) is 11.7 Å². The van der Waals surface area contributed by atoms with Crippen LogP contribution in [0.3, 0.4) is 0 Å². The van der Waals surface area contributed by atoms with Gasteiger partial charge in [0.2, 0.25) is 0 Å². The summed E-state index contributed by atoms with van der Waals surface area (Å²) in [6, 6.07) is 18.5. The van der Waals surface area contributed by atoms with Crippen LogP contribution in [0, 0.1) is 5.92 Å². The molecule has 4 aromatic rings. The molecule has 0 aliphatic carbocycles. The van der Waals surface area contributed by atoms with E-state index in [-0.39, 0.29) is 30.2 Å². The number of ether oxygens (including phenoxy) is 2. The Morgan fingerprint density at radius 1 is 0.892 bits per heavy atom. The molecule has 0 fully saturated rings. The number of nitrogens with zero attached hydrogens (tertiary/aromatic N) is 1. The van der Waals surface area contributed by atoms with Crippen LogP contribution in [0.4, 0.5) is 0 Å². The molecule has 0 spiro atoms. The van der Waals surface area contributed by atoms with E-state index in [9.17, 15) is 19.2 Å². The van der Waals surface area contributed by atoms with E-state index in [0.717, 1.165) is 11.3 Å². The van der Waals surface area contributed by atoms with Gasteiger partial charge < -0.3 is 19.7 Å². The fourth-order valence-electron chi connectivity index (χ4n) is 3.82. The van der Waals surface area contributed by atoms with Crippen molar-refractivity contribution in [1.82, 2.24) is 4.57 Å². The maximum atomic E-state index is 12.9. The summed E-state index contributed by atoms with van der Waals surface area (Å²) in [6.45, 7) is 0.483. The first-order valence-corrected chi connectivity index (χ1v) is 12.1. The number of rotatable bonds is 11. The van der Waals surface area contributed by atoms with E-state index in [4.69, 9.17) is 19.7 Å². The van der Waals surface area contributed by atoms with Crippen LogP contribution < -0.4 is 14.3 Å². The number of thiazole rings is 1. The van der Waals surface area contributed by atoms with Gasteiger partial charge in [0, 0.05) is 11.1 Å². The second kappa shape index (κ2) is 11.1. The summed E-state index contributed by atoms with van der Waals surface area (Å²) in [5, 5.41) is 18.0. The molecule has 0 atom stereocenters. The van der Waals surface area contributed by atoms with Crippen molar-refractivity contribution < 1.29 is 34.1 Å². The number of methoxy groups -OCH3 is 1. The Kier molecular flexibility index (Phi) is 7.69. The number of hydrogen-bond donors (Lipinski definition) is 2. The number of aliphatic carboxylic acids is 2. The molecule has 4 rings (SSSR count). The molecule has 37 heavy (non-hydrogen) atoms. The quantitative estimate of drug-likeness (QED) is 0.226. The van der Waals surface area contributed by atoms with E-state index in [2.05, 4.69) is 0 Å². The molecule has 9 nitrogen and oxygen atoms in total. The molecule has 1 aromatic heterocycles. The van der Waals surface area contributed by atoms with Crippen molar-refractivity contribution >= 4 is 39.3 Å². The molecule has 10 heteroatoms. The molecule has 0 saturated carbocycles. The molecular weight excluding hydrogens is 498 g/mol. The van der Waals surface area contributed by atoms with E-state index in [1.165, 1.54) is 0 Å². The van der Waals surface area contributed by atoms with Crippen LogP contribution >= 0.6 is 11.3 Å². The number of benzene rings is 3. The fourth-order valence-corrected chi connectivity index (χ4v) is 4.78. The second-order valence-corrected chi connectivity index (χ2v) is 9.18. The maximum absolute atomic E-state index is 12.9. The van der Waals surface area contributed by atoms with Crippen molar-refractivity contribution in [3.8, 4) is 11.5 Å². The zero-order valence-corrected chi connectivity index (χ0v) is 20.6. The third-order valence-electron chi connectivity index (χ3n) is 5.83. The number of carbonyl (C=O) groups is 3. The highest BCUT2D eigenvalue weighted by Crippen LogP contribution is 2.22. The molecule has 0 amide bonds. The van der Waals surface area contributed by atoms with Gasteiger partial charge in [0.05, 0.1) is 23.9 Å². The Bertz CT molecular complexity index is 1490. The number of ketones is 1. The van der Waals surface area contributed by atoms with Crippen molar-refractivity contribution in [3.63, 3.8) is 0 Å². The van der Waals surface area contributed by atoms with Crippen molar-refractivity contribution in [1.29, 1.82) is 0 Å². The van der Waals surface area contributed by atoms with Crippen LogP contribution in [-0.2, 0) is 22.6 Å². The number of hydrogen-bond acceptors (Lipinski definition) is 7. The zero-order chi connectivity index (χ0) is 26.5. The summed E-state index contributed by atoms with van der Waals surface area (Å²) >= 11 is 1.05. The lowest BCUT2D eigenvalue weighted by molar-refractivity contribution is -0.154. The molecule has 2 N–H and O–H groups in total. The van der Waals surface area contributed by atoms with Gasteiger partial charge in [-0.2, -0.15) is 0 Å². The number of fused-ring (bicyclic) bond motifs is 1. The van der Waals surface area contributed by atoms with Gasteiger partial charge in [-0.3, -0.25) is 23.7 Å². The first-order valence-electron chi connectivity index (χ1n) is 11.3. The summed E-state index contributed by atoms with van der Waals surface area (Å²) in [5.41, 5.74) is 2.26. The number of carboxylic acid groups (broad SMARTS) is 2. The summed E-state index contributed by atoms with van der Waals surface area (Å²) in [5.74, 6) is -3.28. The predicted molar refractivity (Wildman–Crippen MR) is 137 cm³/mol. The second-order valence-electron chi connectivity index (χ2n) is 8.19. The van der Waals surface area contributed by atoms with E-state index in [1.807, 2.05) is 0 Å². The Morgan fingerprint density at radius 3 is 2.14 bits per heavy atom. The van der Waals surface area contributed by atoms with E-state index >= 15 is 0 Å². The normalized spacial score (nSPS) is 11.0. The van der Waals surface area contributed by atoms with Crippen molar-refractivity contribution in [2.24, 2.45) is 5.92 Å². The van der Waals surface area contributed by atoms with Gasteiger partial charge in [-0.1, -0.05) is 23.5 Å². The lowest BCUT2D eigenvalue weighted by Crippen LogP contribution is -2.25. The van der Waals surface area contributed by atoms with Crippen molar-refractivity contribution in [2.45, 2.75) is 13.0 Å². The van der Waals surface area contributed by atoms with E-state index in [0.29, 0.717) is 38.4 Å². The fraction of sp³-hybridized carbons (Fsp3) is 0.185. The molecule has 190 valence electrons. The Balaban J connectivity index is 1.41. The summed E-state index contributed by atoms with van der Waals surface area (Å²) < 4.78 is 13.1. The van der Waals surface area contributed by atoms with Gasteiger partial charge in [-0.05, 0) is 66.6 Å². The Morgan fingerprint density at radius 2 is 1.51 bits per heavy atom.